The van der Waals surface area contributed by atoms with Crippen molar-refractivity contribution in [1.29, 1.82) is 0 Å². The van der Waals surface area contributed by atoms with Crippen molar-refractivity contribution in [3.05, 3.63) is 66.0 Å². The number of pyridine rings is 1. The third-order valence-electron chi connectivity index (χ3n) is 2.02. The van der Waals surface area contributed by atoms with E-state index in [-0.39, 0.29) is 0 Å². The number of halogens is 1. The van der Waals surface area contributed by atoms with Crippen LogP contribution in [0.3, 0.4) is 0 Å². The highest BCUT2D eigenvalue weighted by molar-refractivity contribution is 8.08. The van der Waals surface area contributed by atoms with E-state index in [0.717, 1.165) is 15.4 Å². The Balaban J connectivity index is 2.20. The van der Waals surface area contributed by atoms with Gasteiger partial charge >= 0.3 is 0 Å². The first kappa shape index (κ1) is 11.2. The summed E-state index contributed by atoms with van der Waals surface area (Å²) in [4.78, 5) is 6.18. The molecule has 0 N–H and O–H groups in total. The topological polar surface area (TPSA) is 12.9 Å². The van der Waals surface area contributed by atoms with Crippen molar-refractivity contribution in [2.45, 2.75) is 4.90 Å². The Hall–Kier alpha value is -1.25. The van der Waals surface area contributed by atoms with Crippen LogP contribution >= 0.6 is 23.4 Å². The van der Waals surface area contributed by atoms with Crippen molar-refractivity contribution in [1.82, 2.24) is 4.98 Å². The first-order chi connectivity index (χ1) is 7.90. The summed E-state index contributed by atoms with van der Waals surface area (Å²) in [6.07, 6.45) is 3.59. The van der Waals surface area contributed by atoms with Crippen LogP contribution in [0.4, 0.5) is 0 Å². The lowest BCUT2D eigenvalue weighted by atomic mass is 10.2. The molecule has 1 aromatic carbocycles. The first-order valence-corrected chi connectivity index (χ1v) is 6.09. The zero-order valence-corrected chi connectivity index (χ0v) is 10.1. The number of thioether (sulfide) groups is 1. The third kappa shape index (κ3) is 2.87. The highest BCUT2D eigenvalue weighted by Gasteiger charge is 2.02. The van der Waals surface area contributed by atoms with E-state index in [1.54, 1.807) is 23.5 Å². The van der Waals surface area contributed by atoms with Gasteiger partial charge in [0.25, 0.3) is 0 Å². The van der Waals surface area contributed by atoms with Crippen LogP contribution in [0.15, 0.2) is 65.3 Å². The quantitative estimate of drug-likeness (QED) is 0.745. The molecular formula is C13H10ClNS. The van der Waals surface area contributed by atoms with Crippen molar-refractivity contribution in [2.24, 2.45) is 0 Å². The summed E-state index contributed by atoms with van der Waals surface area (Å²) < 4.78 is 0. The minimum absolute atomic E-state index is 1.02. The molecule has 1 aromatic heterocycles. The summed E-state index contributed by atoms with van der Waals surface area (Å²) >= 11 is 7.46. The predicted octanol–water partition coefficient (Wildman–Crippen LogP) is 4.41. The average molecular weight is 248 g/mol. The third-order valence-corrected chi connectivity index (χ3v) is 3.42. The van der Waals surface area contributed by atoms with Crippen molar-refractivity contribution in [3.63, 3.8) is 0 Å². The molecule has 0 amide bonds. The van der Waals surface area contributed by atoms with Gasteiger partial charge in [0.05, 0.1) is 0 Å². The molecule has 1 heterocycles. The number of benzene rings is 1. The van der Waals surface area contributed by atoms with Crippen LogP contribution in [-0.4, -0.2) is 4.98 Å². The predicted molar refractivity (Wildman–Crippen MR) is 70.4 cm³/mol. The Bertz CT molecular complexity index is 468. The molecule has 0 spiro atoms. The zero-order valence-electron chi connectivity index (χ0n) is 8.51. The lowest BCUT2D eigenvalue weighted by molar-refractivity contribution is 1.24. The Morgan fingerprint density at radius 2 is 1.94 bits per heavy atom. The maximum Gasteiger partial charge on any atom is 0.0407 e. The van der Waals surface area contributed by atoms with E-state index in [4.69, 9.17) is 11.6 Å². The molecule has 3 heteroatoms. The molecule has 16 heavy (non-hydrogen) atoms. The summed E-state index contributed by atoms with van der Waals surface area (Å²) in [6.45, 7) is 0. The molecule has 2 rings (SSSR count). The van der Waals surface area contributed by atoms with Gasteiger partial charge in [-0.25, -0.2) is 0 Å². The van der Waals surface area contributed by atoms with Crippen LogP contribution in [0.2, 0.25) is 0 Å². The lowest BCUT2D eigenvalue weighted by Gasteiger charge is -2.05. The maximum atomic E-state index is 5.85. The van der Waals surface area contributed by atoms with Gasteiger partial charge in [-0.2, -0.15) is 0 Å². The van der Waals surface area contributed by atoms with Crippen molar-refractivity contribution in [2.75, 3.05) is 0 Å². The van der Waals surface area contributed by atoms with Crippen molar-refractivity contribution >= 4 is 28.3 Å². The van der Waals surface area contributed by atoms with E-state index in [0.29, 0.717) is 0 Å². The van der Waals surface area contributed by atoms with Gasteiger partial charge in [-0.1, -0.05) is 53.7 Å². The molecule has 0 atom stereocenters. The van der Waals surface area contributed by atoms with E-state index in [1.807, 2.05) is 48.7 Å². The van der Waals surface area contributed by atoms with Gasteiger partial charge < -0.3 is 0 Å². The van der Waals surface area contributed by atoms with Gasteiger partial charge in [0.15, 0.2) is 0 Å². The summed E-state index contributed by atoms with van der Waals surface area (Å²) in [5.74, 6) is 0. The fourth-order valence-electron chi connectivity index (χ4n) is 1.28. The van der Waals surface area contributed by atoms with E-state index in [9.17, 15) is 0 Å². The Kier molecular flexibility index (Phi) is 4.03. The highest BCUT2D eigenvalue weighted by atomic mass is 35.5. The van der Waals surface area contributed by atoms with Crippen LogP contribution < -0.4 is 0 Å². The van der Waals surface area contributed by atoms with Crippen molar-refractivity contribution < 1.29 is 0 Å². The lowest BCUT2D eigenvalue weighted by Crippen LogP contribution is -1.79. The van der Waals surface area contributed by atoms with Gasteiger partial charge in [0, 0.05) is 27.7 Å². The largest absolute Gasteiger partial charge is 0.264 e. The normalized spacial score (nSPS) is 11.4. The SMILES string of the molecule is Cl/C=C(/Sc1cccnc1)c1ccccc1. The molecule has 0 aliphatic heterocycles. The smallest absolute Gasteiger partial charge is 0.0407 e. The number of hydrogen-bond donors (Lipinski definition) is 0. The second-order valence-electron chi connectivity index (χ2n) is 3.13. The number of rotatable bonds is 3. The number of aromatic nitrogens is 1. The molecule has 80 valence electrons. The molecular weight excluding hydrogens is 238 g/mol. The minimum atomic E-state index is 1.02. The summed E-state index contributed by atoms with van der Waals surface area (Å²) in [5.41, 5.74) is 2.72. The fourth-order valence-corrected chi connectivity index (χ4v) is 2.35. The Morgan fingerprint density at radius 3 is 2.56 bits per heavy atom. The average Bonchev–Trinajstić information content (AvgIpc) is 2.38. The van der Waals surface area contributed by atoms with E-state index in [2.05, 4.69) is 4.98 Å². The van der Waals surface area contributed by atoms with Gasteiger partial charge in [-0.3, -0.25) is 4.98 Å². The molecule has 0 aliphatic carbocycles. The fraction of sp³-hybridized carbons (Fsp3) is 0. The van der Waals surface area contributed by atoms with Gasteiger partial charge in [-0.05, 0) is 17.7 Å². The Labute approximate surface area is 104 Å². The number of hydrogen-bond acceptors (Lipinski definition) is 2. The van der Waals surface area contributed by atoms with Crippen LogP contribution in [0.25, 0.3) is 4.91 Å². The second kappa shape index (κ2) is 5.73. The van der Waals surface area contributed by atoms with Crippen molar-refractivity contribution in [3.8, 4) is 0 Å². The molecule has 2 aromatic rings. The van der Waals surface area contributed by atoms with E-state index in [1.165, 1.54) is 0 Å². The standard InChI is InChI=1S/C13H10ClNS/c14-9-13(11-5-2-1-3-6-11)16-12-7-4-8-15-10-12/h1-10H/b13-9+. The summed E-state index contributed by atoms with van der Waals surface area (Å²) in [6, 6.07) is 14.0. The molecule has 0 radical (unpaired) electrons. The van der Waals surface area contributed by atoms with Crippen LogP contribution in [0.5, 0.6) is 0 Å². The summed E-state index contributed by atoms with van der Waals surface area (Å²) in [5, 5.41) is 0. The maximum absolute atomic E-state index is 5.85. The highest BCUT2D eigenvalue weighted by Crippen LogP contribution is 2.33. The molecule has 0 fully saturated rings. The van der Waals surface area contributed by atoms with Crippen LogP contribution in [-0.2, 0) is 0 Å². The second-order valence-corrected chi connectivity index (χ2v) is 4.46. The molecule has 0 unspecified atom stereocenters. The van der Waals surface area contributed by atoms with E-state index < -0.39 is 0 Å². The molecule has 0 bridgehead atoms. The monoisotopic (exact) mass is 247 g/mol. The number of nitrogens with zero attached hydrogens (tertiary/aromatic N) is 1. The zero-order chi connectivity index (χ0) is 11.2. The van der Waals surface area contributed by atoms with Gasteiger partial charge in [-0.15, -0.1) is 0 Å². The molecule has 0 aliphatic rings. The first-order valence-electron chi connectivity index (χ1n) is 4.84. The Morgan fingerprint density at radius 1 is 1.12 bits per heavy atom. The van der Waals surface area contributed by atoms with Crippen LogP contribution in [0.1, 0.15) is 5.56 Å². The summed E-state index contributed by atoms with van der Waals surface area (Å²) in [7, 11) is 0. The van der Waals surface area contributed by atoms with Gasteiger partial charge in [0.1, 0.15) is 0 Å². The minimum Gasteiger partial charge on any atom is -0.264 e. The molecule has 0 saturated carbocycles. The van der Waals surface area contributed by atoms with Gasteiger partial charge in [0.2, 0.25) is 0 Å². The van der Waals surface area contributed by atoms with Crippen LogP contribution in [0, 0.1) is 0 Å². The van der Waals surface area contributed by atoms with E-state index >= 15 is 0 Å². The molecule has 0 saturated heterocycles. The molecule has 1 nitrogen and oxygen atoms in total.